The molecule has 114 valence electrons. The van der Waals surface area contributed by atoms with Gasteiger partial charge >= 0.3 is 5.97 Å². The van der Waals surface area contributed by atoms with E-state index in [-0.39, 0.29) is 6.04 Å². The van der Waals surface area contributed by atoms with Gasteiger partial charge in [0.05, 0.1) is 16.6 Å². The first-order valence-corrected chi connectivity index (χ1v) is 9.09. The minimum absolute atomic E-state index is 0.139. The molecule has 1 N–H and O–H groups in total. The molecular weight excluding hydrogens is 326 g/mol. The zero-order chi connectivity index (χ0) is 15.8. The number of carboxylic acid groups (broad SMARTS) is 1. The number of fused-ring (bicyclic) bond motifs is 1. The lowest BCUT2D eigenvalue weighted by atomic mass is 10.1. The van der Waals surface area contributed by atoms with Gasteiger partial charge in [0.2, 0.25) is 0 Å². The molecule has 4 rings (SSSR count). The second-order valence-electron chi connectivity index (χ2n) is 5.33. The molecule has 0 radical (unpaired) electrons. The van der Waals surface area contributed by atoms with Crippen LogP contribution in [-0.2, 0) is 0 Å². The van der Waals surface area contributed by atoms with Crippen LogP contribution in [0.2, 0.25) is 0 Å². The minimum Gasteiger partial charge on any atom is -0.478 e. The molecule has 0 saturated heterocycles. The largest absolute Gasteiger partial charge is 0.478 e. The second kappa shape index (κ2) is 5.83. The van der Waals surface area contributed by atoms with Gasteiger partial charge in [0, 0.05) is 16.0 Å². The summed E-state index contributed by atoms with van der Waals surface area (Å²) in [6, 6.07) is 15.5. The summed E-state index contributed by atoms with van der Waals surface area (Å²) in [7, 11) is 0. The number of carboxylic acids is 1. The average molecular weight is 339 g/mol. The smallest absolute Gasteiger partial charge is 0.335 e. The van der Waals surface area contributed by atoms with Crippen molar-refractivity contribution in [3.63, 3.8) is 0 Å². The second-order valence-corrected chi connectivity index (χ2v) is 7.25. The summed E-state index contributed by atoms with van der Waals surface area (Å²) in [5.74, 6) is -0.0105. The van der Waals surface area contributed by atoms with Crippen LogP contribution in [0, 0.1) is 0 Å². The predicted molar refractivity (Wildman–Crippen MR) is 97.0 cm³/mol. The summed E-state index contributed by atoms with van der Waals surface area (Å²) in [4.78, 5) is 16.0. The van der Waals surface area contributed by atoms with Crippen LogP contribution in [0.4, 0.5) is 0 Å². The van der Waals surface area contributed by atoms with Gasteiger partial charge < -0.3 is 5.11 Å². The third-order valence-corrected chi connectivity index (χ3v) is 5.96. The molecule has 23 heavy (non-hydrogen) atoms. The Labute approximate surface area is 141 Å². The predicted octanol–water partition coefficient (Wildman–Crippen LogP) is 4.83. The number of aliphatic imine (C=N–C) groups is 1. The third-order valence-electron chi connectivity index (χ3n) is 3.88. The summed E-state index contributed by atoms with van der Waals surface area (Å²) >= 11 is 3.44. The maximum Gasteiger partial charge on any atom is 0.335 e. The zero-order valence-electron chi connectivity index (χ0n) is 12.1. The maximum absolute atomic E-state index is 11.1. The standard InChI is InChI=1S/C18H13NO2S2/c20-18(21)12-5-3-4-11(8-12)17-19-15(10-23-17)14-9-22-16-7-2-1-6-13(14)16/h1-9,15H,10H2,(H,20,21). The number of carbonyl (C=O) groups is 1. The summed E-state index contributed by atoms with van der Waals surface area (Å²) in [5, 5.41) is 13.5. The average Bonchev–Trinajstić information content (AvgIpc) is 3.21. The van der Waals surface area contributed by atoms with Gasteiger partial charge in [0.15, 0.2) is 0 Å². The number of hydrogen-bond donors (Lipinski definition) is 1. The van der Waals surface area contributed by atoms with Gasteiger partial charge in [-0.25, -0.2) is 4.79 Å². The lowest BCUT2D eigenvalue weighted by Crippen LogP contribution is -1.99. The highest BCUT2D eigenvalue weighted by Gasteiger charge is 2.23. The Balaban J connectivity index is 1.69. The normalized spacial score (nSPS) is 17.4. The van der Waals surface area contributed by atoms with Gasteiger partial charge in [-0.3, -0.25) is 4.99 Å². The molecule has 1 unspecified atom stereocenters. The van der Waals surface area contributed by atoms with Gasteiger partial charge in [0.1, 0.15) is 0 Å². The van der Waals surface area contributed by atoms with Crippen molar-refractivity contribution in [1.29, 1.82) is 0 Å². The molecule has 0 spiro atoms. The van der Waals surface area contributed by atoms with E-state index >= 15 is 0 Å². The van der Waals surface area contributed by atoms with E-state index in [0.717, 1.165) is 16.4 Å². The van der Waals surface area contributed by atoms with Crippen molar-refractivity contribution in [2.24, 2.45) is 4.99 Å². The number of aromatic carboxylic acids is 1. The van der Waals surface area contributed by atoms with Gasteiger partial charge in [-0.2, -0.15) is 0 Å². The minimum atomic E-state index is -0.907. The fourth-order valence-electron chi connectivity index (χ4n) is 2.73. The molecule has 2 aromatic carbocycles. The van der Waals surface area contributed by atoms with Crippen molar-refractivity contribution < 1.29 is 9.90 Å². The van der Waals surface area contributed by atoms with Crippen LogP contribution in [0.25, 0.3) is 10.1 Å². The summed E-state index contributed by atoms with van der Waals surface area (Å²) in [6.45, 7) is 0. The van der Waals surface area contributed by atoms with Crippen molar-refractivity contribution in [2.45, 2.75) is 6.04 Å². The van der Waals surface area contributed by atoms with Crippen LogP contribution >= 0.6 is 23.1 Å². The van der Waals surface area contributed by atoms with Crippen molar-refractivity contribution in [1.82, 2.24) is 0 Å². The Morgan fingerprint density at radius 3 is 2.91 bits per heavy atom. The van der Waals surface area contributed by atoms with Crippen LogP contribution in [0.3, 0.4) is 0 Å². The van der Waals surface area contributed by atoms with Gasteiger partial charge in [-0.1, -0.05) is 30.3 Å². The first kappa shape index (κ1) is 14.5. The van der Waals surface area contributed by atoms with E-state index in [4.69, 9.17) is 10.1 Å². The molecule has 1 atom stereocenters. The molecule has 1 aliphatic heterocycles. The van der Waals surface area contributed by atoms with Crippen LogP contribution < -0.4 is 0 Å². The third kappa shape index (κ3) is 2.66. The number of rotatable bonds is 3. The fraction of sp³-hybridized carbons (Fsp3) is 0.111. The van der Waals surface area contributed by atoms with E-state index < -0.39 is 5.97 Å². The molecule has 3 aromatic rings. The number of nitrogens with zero attached hydrogens (tertiary/aromatic N) is 1. The van der Waals surface area contributed by atoms with E-state index in [9.17, 15) is 4.79 Å². The fourth-order valence-corrected chi connectivity index (χ4v) is 4.81. The quantitative estimate of drug-likeness (QED) is 0.743. The Kier molecular flexibility index (Phi) is 3.67. The summed E-state index contributed by atoms with van der Waals surface area (Å²) in [5.41, 5.74) is 2.45. The molecule has 2 heterocycles. The van der Waals surface area contributed by atoms with Crippen LogP contribution in [0.5, 0.6) is 0 Å². The monoisotopic (exact) mass is 339 g/mol. The first-order valence-electron chi connectivity index (χ1n) is 7.23. The summed E-state index contributed by atoms with van der Waals surface area (Å²) < 4.78 is 1.28. The molecule has 0 aliphatic carbocycles. The highest BCUT2D eigenvalue weighted by atomic mass is 32.2. The highest BCUT2D eigenvalue weighted by Crippen LogP contribution is 2.38. The lowest BCUT2D eigenvalue weighted by molar-refractivity contribution is 0.0697. The topological polar surface area (TPSA) is 49.7 Å². The van der Waals surface area contributed by atoms with E-state index in [0.29, 0.717) is 5.56 Å². The molecule has 1 aromatic heterocycles. The van der Waals surface area contributed by atoms with Crippen molar-refractivity contribution in [3.8, 4) is 0 Å². The number of benzene rings is 2. The number of hydrogen-bond acceptors (Lipinski definition) is 4. The molecule has 5 heteroatoms. The maximum atomic E-state index is 11.1. The van der Waals surface area contributed by atoms with Crippen LogP contribution in [0.15, 0.2) is 58.9 Å². The Morgan fingerprint density at radius 2 is 2.04 bits per heavy atom. The van der Waals surface area contributed by atoms with Crippen LogP contribution in [-0.4, -0.2) is 21.9 Å². The molecular formula is C18H13NO2S2. The lowest BCUT2D eigenvalue weighted by Gasteiger charge is -2.04. The molecule has 0 saturated carbocycles. The van der Waals surface area contributed by atoms with Crippen molar-refractivity contribution >= 4 is 44.2 Å². The Hall–Kier alpha value is -2.11. The number of thioether (sulfide) groups is 1. The first-order chi connectivity index (χ1) is 11.2. The Morgan fingerprint density at radius 1 is 1.17 bits per heavy atom. The molecule has 0 amide bonds. The van der Waals surface area contributed by atoms with E-state index in [1.807, 2.05) is 6.07 Å². The van der Waals surface area contributed by atoms with Crippen LogP contribution in [0.1, 0.15) is 27.5 Å². The van der Waals surface area contributed by atoms with E-state index in [2.05, 4.69) is 29.6 Å². The highest BCUT2D eigenvalue weighted by molar-refractivity contribution is 8.14. The SMILES string of the molecule is O=C(O)c1cccc(C2=NC(c3csc4ccccc34)CS2)c1. The van der Waals surface area contributed by atoms with Gasteiger partial charge in [-0.05, 0) is 34.5 Å². The molecule has 0 bridgehead atoms. The van der Waals surface area contributed by atoms with E-state index in [1.54, 1.807) is 41.3 Å². The van der Waals surface area contributed by atoms with Crippen molar-refractivity contribution in [2.75, 3.05) is 5.75 Å². The molecule has 0 fully saturated rings. The van der Waals surface area contributed by atoms with Gasteiger partial charge in [0.25, 0.3) is 0 Å². The molecule has 1 aliphatic rings. The molecule has 3 nitrogen and oxygen atoms in total. The summed E-state index contributed by atoms with van der Waals surface area (Å²) in [6.07, 6.45) is 0. The zero-order valence-corrected chi connectivity index (χ0v) is 13.7. The van der Waals surface area contributed by atoms with Crippen molar-refractivity contribution in [3.05, 3.63) is 70.6 Å². The van der Waals surface area contributed by atoms with Gasteiger partial charge in [-0.15, -0.1) is 23.1 Å². The Bertz CT molecular complexity index is 929. The number of thiophene rings is 1. The van der Waals surface area contributed by atoms with E-state index in [1.165, 1.54) is 15.6 Å².